The van der Waals surface area contributed by atoms with Crippen molar-refractivity contribution in [2.45, 2.75) is 19.9 Å². The SMILES string of the molecule is CC(C)NC(=S)NNc1ccc(C(=O)O)cc1. The maximum atomic E-state index is 10.6. The molecule has 5 nitrogen and oxygen atoms in total. The smallest absolute Gasteiger partial charge is 0.335 e. The van der Waals surface area contributed by atoms with Gasteiger partial charge in [-0.2, -0.15) is 0 Å². The third kappa shape index (κ3) is 4.69. The summed E-state index contributed by atoms with van der Waals surface area (Å²) in [6, 6.07) is 6.62. The van der Waals surface area contributed by atoms with Gasteiger partial charge < -0.3 is 10.4 Å². The molecule has 6 heteroatoms. The van der Waals surface area contributed by atoms with Crippen molar-refractivity contribution in [1.29, 1.82) is 0 Å². The van der Waals surface area contributed by atoms with E-state index < -0.39 is 5.97 Å². The molecule has 0 spiro atoms. The van der Waals surface area contributed by atoms with Crippen LogP contribution in [0.4, 0.5) is 5.69 Å². The van der Waals surface area contributed by atoms with Crippen LogP contribution in [-0.2, 0) is 0 Å². The number of nitrogens with one attached hydrogen (secondary N) is 3. The van der Waals surface area contributed by atoms with Crippen molar-refractivity contribution in [3.8, 4) is 0 Å². The summed E-state index contributed by atoms with van der Waals surface area (Å²) in [5, 5.41) is 12.2. The lowest BCUT2D eigenvalue weighted by Gasteiger charge is -2.14. The van der Waals surface area contributed by atoms with Crippen LogP contribution >= 0.6 is 12.2 Å². The van der Waals surface area contributed by atoms with Gasteiger partial charge in [0.1, 0.15) is 0 Å². The van der Waals surface area contributed by atoms with Crippen LogP contribution in [0.2, 0.25) is 0 Å². The minimum atomic E-state index is -0.943. The molecule has 4 N–H and O–H groups in total. The van der Waals surface area contributed by atoms with Crippen molar-refractivity contribution < 1.29 is 9.90 Å². The molecular formula is C11H15N3O2S. The molecule has 17 heavy (non-hydrogen) atoms. The minimum absolute atomic E-state index is 0.249. The Bertz CT molecular complexity index is 404. The Labute approximate surface area is 105 Å². The Hall–Kier alpha value is -1.82. The highest BCUT2D eigenvalue weighted by atomic mass is 32.1. The highest BCUT2D eigenvalue weighted by Crippen LogP contribution is 2.08. The van der Waals surface area contributed by atoms with Gasteiger partial charge >= 0.3 is 5.97 Å². The highest BCUT2D eigenvalue weighted by molar-refractivity contribution is 7.80. The average molecular weight is 253 g/mol. The number of anilines is 1. The van der Waals surface area contributed by atoms with Gasteiger partial charge in [0, 0.05) is 6.04 Å². The van der Waals surface area contributed by atoms with Gasteiger partial charge in [0.2, 0.25) is 0 Å². The first-order valence-corrected chi connectivity index (χ1v) is 5.55. The predicted octanol–water partition coefficient (Wildman–Crippen LogP) is 1.58. The Morgan fingerprint density at radius 1 is 1.29 bits per heavy atom. The lowest BCUT2D eigenvalue weighted by Crippen LogP contribution is -2.41. The summed E-state index contributed by atoms with van der Waals surface area (Å²) < 4.78 is 0. The first kappa shape index (κ1) is 13.2. The topological polar surface area (TPSA) is 73.4 Å². The van der Waals surface area contributed by atoms with Crippen LogP contribution in [0, 0.1) is 0 Å². The maximum absolute atomic E-state index is 10.6. The molecule has 0 aliphatic heterocycles. The van der Waals surface area contributed by atoms with Crippen LogP contribution in [0.3, 0.4) is 0 Å². The first-order valence-electron chi connectivity index (χ1n) is 5.15. The van der Waals surface area contributed by atoms with Gasteiger partial charge in [-0.15, -0.1) is 0 Å². The number of thiocarbonyl (C=S) groups is 1. The van der Waals surface area contributed by atoms with E-state index in [-0.39, 0.29) is 11.6 Å². The van der Waals surface area contributed by atoms with Crippen LogP contribution in [0.5, 0.6) is 0 Å². The van der Waals surface area contributed by atoms with E-state index >= 15 is 0 Å². The zero-order valence-corrected chi connectivity index (χ0v) is 10.5. The Morgan fingerprint density at radius 3 is 2.35 bits per heavy atom. The molecule has 0 saturated carbocycles. The van der Waals surface area contributed by atoms with Gasteiger partial charge in [-0.25, -0.2) is 4.79 Å². The third-order valence-corrected chi connectivity index (χ3v) is 2.09. The highest BCUT2D eigenvalue weighted by Gasteiger charge is 2.01. The molecule has 0 amide bonds. The zero-order chi connectivity index (χ0) is 12.8. The predicted molar refractivity (Wildman–Crippen MR) is 71.0 cm³/mol. The van der Waals surface area contributed by atoms with E-state index in [1.807, 2.05) is 13.8 Å². The molecule has 0 aliphatic rings. The number of carbonyl (C=O) groups is 1. The Morgan fingerprint density at radius 2 is 1.88 bits per heavy atom. The number of carboxylic acids is 1. The third-order valence-electron chi connectivity index (χ3n) is 1.87. The summed E-state index contributed by atoms with van der Waals surface area (Å²) in [4.78, 5) is 10.6. The van der Waals surface area contributed by atoms with Crippen LogP contribution in [0.25, 0.3) is 0 Å². The maximum Gasteiger partial charge on any atom is 0.335 e. The molecule has 0 fully saturated rings. The first-order chi connectivity index (χ1) is 7.99. The average Bonchev–Trinajstić information content (AvgIpc) is 2.26. The van der Waals surface area contributed by atoms with E-state index in [2.05, 4.69) is 16.2 Å². The van der Waals surface area contributed by atoms with Crippen LogP contribution in [-0.4, -0.2) is 22.2 Å². The van der Waals surface area contributed by atoms with E-state index in [0.29, 0.717) is 5.11 Å². The molecule has 0 aromatic heterocycles. The van der Waals surface area contributed by atoms with Crippen molar-refractivity contribution in [3.63, 3.8) is 0 Å². The van der Waals surface area contributed by atoms with E-state index in [4.69, 9.17) is 17.3 Å². The fraction of sp³-hybridized carbons (Fsp3) is 0.273. The van der Waals surface area contributed by atoms with Gasteiger partial charge in [0.25, 0.3) is 0 Å². The standard InChI is InChI=1S/C11H15N3O2S/c1-7(2)12-11(17)14-13-9-5-3-8(4-6-9)10(15)16/h3-7,13H,1-2H3,(H,15,16)(H2,12,14,17). The number of carboxylic acid groups (broad SMARTS) is 1. The molecule has 0 unspecified atom stereocenters. The van der Waals surface area contributed by atoms with Crippen molar-refractivity contribution in [1.82, 2.24) is 10.7 Å². The summed E-state index contributed by atoms with van der Waals surface area (Å²) in [5.41, 5.74) is 6.66. The summed E-state index contributed by atoms with van der Waals surface area (Å²) in [5.74, 6) is -0.943. The summed E-state index contributed by atoms with van der Waals surface area (Å²) >= 11 is 5.02. The summed E-state index contributed by atoms with van der Waals surface area (Å²) in [7, 11) is 0. The van der Waals surface area contributed by atoms with E-state index in [1.54, 1.807) is 12.1 Å². The lowest BCUT2D eigenvalue weighted by atomic mass is 10.2. The number of rotatable bonds is 4. The second kappa shape index (κ2) is 6.05. The number of hydrazine groups is 1. The van der Waals surface area contributed by atoms with Crippen molar-refractivity contribution in [2.24, 2.45) is 0 Å². The number of benzene rings is 1. The molecule has 0 saturated heterocycles. The van der Waals surface area contributed by atoms with Gasteiger partial charge in [-0.3, -0.25) is 10.9 Å². The normalized spacial score (nSPS) is 9.82. The minimum Gasteiger partial charge on any atom is -0.478 e. The fourth-order valence-electron chi connectivity index (χ4n) is 1.12. The number of hydrogen-bond acceptors (Lipinski definition) is 3. The van der Waals surface area contributed by atoms with Gasteiger partial charge in [-0.1, -0.05) is 0 Å². The number of hydrogen-bond donors (Lipinski definition) is 4. The molecule has 92 valence electrons. The van der Waals surface area contributed by atoms with E-state index in [1.165, 1.54) is 12.1 Å². The largest absolute Gasteiger partial charge is 0.478 e. The summed E-state index contributed by atoms with van der Waals surface area (Å²) in [6.07, 6.45) is 0. The van der Waals surface area contributed by atoms with Crippen LogP contribution < -0.4 is 16.2 Å². The molecule has 1 aromatic rings. The Kier molecular flexibility index (Phi) is 4.71. The van der Waals surface area contributed by atoms with Crippen LogP contribution in [0.15, 0.2) is 24.3 Å². The molecule has 1 rings (SSSR count). The lowest BCUT2D eigenvalue weighted by molar-refractivity contribution is 0.0697. The molecule has 0 heterocycles. The molecular weight excluding hydrogens is 238 g/mol. The summed E-state index contributed by atoms with van der Waals surface area (Å²) in [6.45, 7) is 3.96. The molecule has 0 bridgehead atoms. The molecule has 1 aromatic carbocycles. The van der Waals surface area contributed by atoms with E-state index in [9.17, 15) is 4.79 Å². The van der Waals surface area contributed by atoms with E-state index in [0.717, 1.165) is 5.69 Å². The molecule has 0 radical (unpaired) electrons. The van der Waals surface area contributed by atoms with Gasteiger partial charge in [0.05, 0.1) is 11.3 Å². The molecule has 0 atom stereocenters. The van der Waals surface area contributed by atoms with Crippen molar-refractivity contribution in [3.05, 3.63) is 29.8 Å². The Balaban J connectivity index is 2.47. The zero-order valence-electron chi connectivity index (χ0n) is 9.65. The fourth-order valence-corrected chi connectivity index (χ4v) is 1.41. The van der Waals surface area contributed by atoms with Gasteiger partial charge in [-0.05, 0) is 50.3 Å². The van der Waals surface area contributed by atoms with Crippen LogP contribution in [0.1, 0.15) is 24.2 Å². The second-order valence-corrected chi connectivity index (χ2v) is 4.17. The molecule has 0 aliphatic carbocycles. The van der Waals surface area contributed by atoms with Crippen molar-refractivity contribution in [2.75, 3.05) is 5.43 Å². The monoisotopic (exact) mass is 253 g/mol. The second-order valence-electron chi connectivity index (χ2n) is 3.76. The number of aromatic carboxylic acids is 1. The quantitative estimate of drug-likeness (QED) is 0.482. The van der Waals surface area contributed by atoms with Gasteiger partial charge in [0.15, 0.2) is 5.11 Å². The van der Waals surface area contributed by atoms with Crippen molar-refractivity contribution >= 4 is 29.0 Å².